The second-order valence-electron chi connectivity index (χ2n) is 7.47. The van der Waals surface area contributed by atoms with Crippen molar-refractivity contribution in [2.45, 2.75) is 37.9 Å². The van der Waals surface area contributed by atoms with Crippen LogP contribution in [-0.4, -0.2) is 33.1 Å². The maximum absolute atomic E-state index is 12.8. The molecule has 0 spiro atoms. The molecule has 0 radical (unpaired) electrons. The van der Waals surface area contributed by atoms with E-state index in [0.29, 0.717) is 45.7 Å². The van der Waals surface area contributed by atoms with E-state index in [1.54, 1.807) is 24.3 Å². The van der Waals surface area contributed by atoms with Gasteiger partial charge in [0.15, 0.2) is 5.65 Å². The number of hydrogen-bond donors (Lipinski definition) is 3. The summed E-state index contributed by atoms with van der Waals surface area (Å²) in [5, 5.41) is 6.64. The van der Waals surface area contributed by atoms with Crippen molar-refractivity contribution in [3.63, 3.8) is 0 Å². The Hall–Kier alpha value is -2.52. The molecule has 31 heavy (non-hydrogen) atoms. The third-order valence-electron chi connectivity index (χ3n) is 5.33. The number of pyridine rings is 1. The lowest BCUT2D eigenvalue weighted by atomic mass is 9.85. The number of para-hydroxylation sites is 1. The van der Waals surface area contributed by atoms with Gasteiger partial charge in [0.25, 0.3) is 5.91 Å². The molecule has 1 fully saturated rings. The fraction of sp³-hybridized carbons (Fsp3) is 0.350. The summed E-state index contributed by atoms with van der Waals surface area (Å²) in [6.07, 6.45) is -2.17. The Morgan fingerprint density at radius 2 is 1.81 bits per heavy atom. The number of fused-ring (bicyclic) bond motifs is 1. The zero-order chi connectivity index (χ0) is 22.2. The van der Waals surface area contributed by atoms with Crippen LogP contribution in [0.4, 0.5) is 24.8 Å². The third-order valence-corrected chi connectivity index (χ3v) is 5.96. The summed E-state index contributed by atoms with van der Waals surface area (Å²) >= 11 is 12.3. The highest BCUT2D eigenvalue weighted by Crippen LogP contribution is 2.37. The van der Waals surface area contributed by atoms with E-state index in [-0.39, 0.29) is 30.4 Å². The van der Waals surface area contributed by atoms with Gasteiger partial charge in [-0.15, -0.1) is 0 Å². The fourth-order valence-corrected chi connectivity index (χ4v) is 4.14. The van der Waals surface area contributed by atoms with Crippen LogP contribution in [0.25, 0.3) is 11.2 Å². The molecule has 1 aliphatic carbocycles. The molecule has 1 aromatic carbocycles. The number of rotatable bonds is 4. The molecule has 3 aromatic rings. The van der Waals surface area contributed by atoms with Gasteiger partial charge < -0.3 is 15.6 Å². The number of alkyl halides is 3. The second-order valence-corrected chi connectivity index (χ2v) is 8.28. The van der Waals surface area contributed by atoms with Gasteiger partial charge in [-0.25, -0.2) is 4.98 Å². The van der Waals surface area contributed by atoms with Crippen molar-refractivity contribution in [2.75, 3.05) is 5.32 Å². The van der Waals surface area contributed by atoms with E-state index in [4.69, 9.17) is 23.2 Å². The molecular weight excluding hydrogens is 454 g/mol. The minimum absolute atomic E-state index is 0.0198. The number of carbonyl (C=O) groups excluding carboxylic acids is 1. The minimum atomic E-state index is -4.18. The molecule has 3 N–H and O–H groups in total. The van der Waals surface area contributed by atoms with Gasteiger partial charge in [-0.05, 0) is 43.9 Å². The number of benzene rings is 1. The predicted molar refractivity (Wildman–Crippen MR) is 113 cm³/mol. The Morgan fingerprint density at radius 3 is 2.45 bits per heavy atom. The van der Waals surface area contributed by atoms with Crippen molar-refractivity contribution in [3.05, 3.63) is 46.1 Å². The number of nitrogens with zero attached hydrogens (tertiary/aromatic N) is 2. The largest absolute Gasteiger partial charge is 0.391 e. The van der Waals surface area contributed by atoms with Crippen LogP contribution in [0, 0.1) is 5.92 Å². The Bertz CT molecular complexity index is 1090. The number of aromatic amines is 1. The zero-order valence-corrected chi connectivity index (χ0v) is 17.6. The highest BCUT2D eigenvalue weighted by molar-refractivity contribution is 6.39. The number of hydrogen-bond acceptors (Lipinski definition) is 4. The van der Waals surface area contributed by atoms with E-state index in [9.17, 15) is 18.0 Å². The minimum Gasteiger partial charge on any atom is -0.349 e. The maximum Gasteiger partial charge on any atom is 0.391 e. The molecule has 2 heterocycles. The Labute approximate surface area is 185 Å². The molecule has 0 bridgehead atoms. The molecule has 2 aromatic heterocycles. The van der Waals surface area contributed by atoms with Crippen molar-refractivity contribution < 1.29 is 18.0 Å². The number of carbonyl (C=O) groups is 1. The van der Waals surface area contributed by atoms with Crippen molar-refractivity contribution in [1.82, 2.24) is 20.3 Å². The summed E-state index contributed by atoms with van der Waals surface area (Å²) in [6.45, 7) is 0. The summed E-state index contributed by atoms with van der Waals surface area (Å²) in [5.74, 6) is -1.33. The van der Waals surface area contributed by atoms with Crippen molar-refractivity contribution >= 4 is 51.9 Å². The summed E-state index contributed by atoms with van der Waals surface area (Å²) in [6, 6.07) is 6.38. The molecule has 1 aliphatic rings. The molecular formula is C20H18Cl2F3N5O. The third kappa shape index (κ3) is 4.88. The van der Waals surface area contributed by atoms with Gasteiger partial charge in [-0.3, -0.25) is 4.79 Å². The number of H-pyrrole nitrogens is 1. The summed E-state index contributed by atoms with van der Waals surface area (Å²) in [5.41, 5.74) is 1.67. The van der Waals surface area contributed by atoms with Crippen molar-refractivity contribution in [2.24, 2.45) is 5.92 Å². The van der Waals surface area contributed by atoms with Crippen LogP contribution < -0.4 is 10.6 Å². The summed E-state index contributed by atoms with van der Waals surface area (Å²) in [7, 11) is 0. The molecule has 6 nitrogen and oxygen atoms in total. The second kappa shape index (κ2) is 8.55. The van der Waals surface area contributed by atoms with Gasteiger partial charge in [0.2, 0.25) is 5.95 Å². The quantitative estimate of drug-likeness (QED) is 0.444. The zero-order valence-electron chi connectivity index (χ0n) is 16.1. The van der Waals surface area contributed by atoms with Gasteiger partial charge in [-0.2, -0.15) is 18.2 Å². The average Bonchev–Trinajstić information content (AvgIpc) is 3.12. The maximum atomic E-state index is 12.8. The Balaban J connectivity index is 1.44. The number of anilines is 2. The molecule has 1 saturated carbocycles. The van der Waals surface area contributed by atoms with Gasteiger partial charge in [0.1, 0.15) is 0 Å². The van der Waals surface area contributed by atoms with Crippen LogP contribution in [-0.2, 0) is 0 Å². The van der Waals surface area contributed by atoms with E-state index in [1.165, 1.54) is 6.20 Å². The molecule has 1 amide bonds. The highest BCUT2D eigenvalue weighted by Gasteiger charge is 2.41. The molecule has 0 aliphatic heterocycles. The van der Waals surface area contributed by atoms with Crippen LogP contribution >= 0.6 is 23.2 Å². The average molecular weight is 472 g/mol. The first-order valence-corrected chi connectivity index (χ1v) is 10.4. The molecule has 0 atom stereocenters. The smallest absolute Gasteiger partial charge is 0.349 e. The Morgan fingerprint density at radius 1 is 1.13 bits per heavy atom. The molecule has 4 rings (SSSR count). The van der Waals surface area contributed by atoms with Crippen LogP contribution in [0.2, 0.25) is 10.0 Å². The first kappa shape index (κ1) is 21.7. The lowest BCUT2D eigenvalue weighted by molar-refractivity contribution is -0.182. The number of imidazole rings is 1. The Kier molecular flexibility index (Phi) is 5.98. The van der Waals surface area contributed by atoms with Gasteiger partial charge in [0, 0.05) is 12.2 Å². The van der Waals surface area contributed by atoms with E-state index < -0.39 is 12.1 Å². The number of amides is 1. The van der Waals surface area contributed by atoms with Crippen molar-refractivity contribution in [1.29, 1.82) is 0 Å². The van der Waals surface area contributed by atoms with Crippen molar-refractivity contribution in [3.8, 4) is 0 Å². The monoisotopic (exact) mass is 471 g/mol. The molecule has 164 valence electrons. The number of halogens is 5. The van der Waals surface area contributed by atoms with Gasteiger partial charge >= 0.3 is 6.18 Å². The summed E-state index contributed by atoms with van der Waals surface area (Å²) in [4.78, 5) is 24.1. The predicted octanol–water partition coefficient (Wildman–Crippen LogP) is 5.86. The van der Waals surface area contributed by atoms with E-state index >= 15 is 0 Å². The van der Waals surface area contributed by atoms with E-state index in [2.05, 4.69) is 25.6 Å². The van der Waals surface area contributed by atoms with Gasteiger partial charge in [0.05, 0.1) is 32.7 Å². The molecule has 11 heteroatoms. The number of aromatic nitrogens is 3. The first-order valence-electron chi connectivity index (χ1n) is 9.65. The number of nitrogens with one attached hydrogen (secondary N) is 3. The molecule has 0 unspecified atom stereocenters. The van der Waals surface area contributed by atoms with E-state index in [1.807, 2.05) is 0 Å². The SMILES string of the molecule is O=C(NC1CCC(C(F)(F)F)CC1)c1cnc2nc(Nc3c(Cl)cccc3Cl)[nH]c2c1. The summed E-state index contributed by atoms with van der Waals surface area (Å²) < 4.78 is 38.4. The normalized spacial score (nSPS) is 19.4. The highest BCUT2D eigenvalue weighted by atomic mass is 35.5. The standard InChI is InChI=1S/C20H18Cl2F3N5O/c21-13-2-1-3-14(22)16(13)29-19-28-15-8-10(9-26-17(15)30-19)18(31)27-12-6-4-11(5-7-12)20(23,24)25/h1-3,8-9,11-12H,4-7H2,(H,27,31)(H2,26,28,29,30). The van der Waals surface area contributed by atoms with Crippen LogP contribution in [0.15, 0.2) is 30.5 Å². The topological polar surface area (TPSA) is 82.7 Å². The lowest BCUT2D eigenvalue weighted by Crippen LogP contribution is -2.40. The fourth-order valence-electron chi connectivity index (χ4n) is 3.65. The first-order chi connectivity index (χ1) is 14.7. The van der Waals surface area contributed by atoms with Gasteiger partial charge in [-0.1, -0.05) is 29.3 Å². The van der Waals surface area contributed by atoms with E-state index in [0.717, 1.165) is 0 Å². The molecule has 0 saturated heterocycles. The van der Waals surface area contributed by atoms with Crippen LogP contribution in [0.5, 0.6) is 0 Å². The lowest BCUT2D eigenvalue weighted by Gasteiger charge is -2.30. The van der Waals surface area contributed by atoms with Crippen LogP contribution in [0.3, 0.4) is 0 Å². The van der Waals surface area contributed by atoms with Crippen LogP contribution in [0.1, 0.15) is 36.0 Å².